The van der Waals surface area contributed by atoms with Gasteiger partial charge in [0.1, 0.15) is 6.04 Å². The van der Waals surface area contributed by atoms with Crippen molar-refractivity contribution in [2.45, 2.75) is 18.9 Å². The van der Waals surface area contributed by atoms with Crippen LogP contribution in [0.1, 0.15) is 24.4 Å². The Hall–Kier alpha value is -1.10. The van der Waals surface area contributed by atoms with Gasteiger partial charge in [0.05, 0.1) is 0 Å². The molecule has 1 amide bonds. The van der Waals surface area contributed by atoms with Crippen molar-refractivity contribution in [3.8, 4) is 0 Å². The lowest BCUT2D eigenvalue weighted by molar-refractivity contribution is -0.137. The number of nitrogens with one attached hydrogen (secondary N) is 1. The third-order valence-corrected chi connectivity index (χ3v) is 4.57. The highest BCUT2D eigenvalue weighted by molar-refractivity contribution is 6.30. The molecule has 1 aromatic carbocycles. The Balaban J connectivity index is 1.86. The van der Waals surface area contributed by atoms with Crippen LogP contribution in [-0.2, 0) is 4.79 Å². The number of nitrogens with zero attached hydrogens (tertiary/aromatic N) is 2. The van der Waals surface area contributed by atoms with Crippen LogP contribution in [0.3, 0.4) is 0 Å². The van der Waals surface area contributed by atoms with Crippen LogP contribution in [0.15, 0.2) is 24.3 Å². The van der Waals surface area contributed by atoms with Gasteiger partial charge in [0.15, 0.2) is 0 Å². The van der Waals surface area contributed by atoms with Gasteiger partial charge in [-0.2, -0.15) is 0 Å². The zero-order valence-electron chi connectivity index (χ0n) is 12.2. The quantitative estimate of drug-likeness (QED) is 0.926. The number of halogens is 1. The molecule has 0 saturated carbocycles. The van der Waals surface area contributed by atoms with Gasteiger partial charge in [-0.15, -0.1) is 0 Å². The summed E-state index contributed by atoms with van der Waals surface area (Å²) >= 11 is 6.13. The molecule has 2 fully saturated rings. The molecule has 1 unspecified atom stereocenters. The van der Waals surface area contributed by atoms with E-state index in [1.165, 1.54) is 12.8 Å². The Morgan fingerprint density at radius 2 is 1.86 bits per heavy atom. The molecule has 5 heteroatoms. The zero-order chi connectivity index (χ0) is 14.7. The molecule has 2 heterocycles. The molecule has 0 spiro atoms. The first kappa shape index (κ1) is 14.8. The summed E-state index contributed by atoms with van der Waals surface area (Å²) in [5, 5.41) is 4.00. The van der Waals surface area contributed by atoms with Gasteiger partial charge in [-0.1, -0.05) is 23.7 Å². The van der Waals surface area contributed by atoms with Crippen LogP contribution in [-0.4, -0.2) is 55.0 Å². The molecule has 2 aliphatic rings. The summed E-state index contributed by atoms with van der Waals surface area (Å²) in [6.45, 7) is 5.35. The Morgan fingerprint density at radius 3 is 2.52 bits per heavy atom. The van der Waals surface area contributed by atoms with Gasteiger partial charge >= 0.3 is 0 Å². The lowest BCUT2D eigenvalue weighted by Crippen LogP contribution is -2.50. The van der Waals surface area contributed by atoms with E-state index in [1.54, 1.807) is 0 Å². The van der Waals surface area contributed by atoms with Crippen LogP contribution < -0.4 is 5.32 Å². The van der Waals surface area contributed by atoms with Crippen molar-refractivity contribution in [3.63, 3.8) is 0 Å². The van der Waals surface area contributed by atoms with Crippen LogP contribution in [0, 0.1) is 0 Å². The molecular weight excluding hydrogens is 286 g/mol. The van der Waals surface area contributed by atoms with Gasteiger partial charge in [-0.25, -0.2) is 0 Å². The summed E-state index contributed by atoms with van der Waals surface area (Å²) in [6.07, 6.45) is 2.35. The molecule has 0 radical (unpaired) electrons. The van der Waals surface area contributed by atoms with E-state index >= 15 is 0 Å². The average molecular weight is 308 g/mol. The fraction of sp³-hybridized carbons (Fsp3) is 0.562. The summed E-state index contributed by atoms with van der Waals surface area (Å²) < 4.78 is 0. The van der Waals surface area contributed by atoms with Gasteiger partial charge in [0, 0.05) is 31.2 Å². The number of hydrogen-bond donors (Lipinski definition) is 1. The van der Waals surface area contributed by atoms with Crippen LogP contribution >= 0.6 is 11.6 Å². The second-order valence-corrected chi connectivity index (χ2v) is 6.21. The van der Waals surface area contributed by atoms with Crippen molar-refractivity contribution in [2.24, 2.45) is 0 Å². The molecule has 21 heavy (non-hydrogen) atoms. The van der Waals surface area contributed by atoms with E-state index < -0.39 is 0 Å². The largest absolute Gasteiger partial charge is 0.338 e. The number of likely N-dealkylation sites (tertiary alicyclic amines) is 1. The Kier molecular flexibility index (Phi) is 4.78. The van der Waals surface area contributed by atoms with Crippen LogP contribution in [0.25, 0.3) is 0 Å². The Morgan fingerprint density at radius 1 is 1.14 bits per heavy atom. The second-order valence-electron chi connectivity index (χ2n) is 5.78. The molecular formula is C16H22ClN3O. The number of benzene rings is 1. The van der Waals surface area contributed by atoms with Crippen molar-refractivity contribution >= 4 is 17.5 Å². The zero-order valence-corrected chi connectivity index (χ0v) is 13.0. The van der Waals surface area contributed by atoms with Crippen molar-refractivity contribution in [3.05, 3.63) is 34.9 Å². The molecule has 2 aliphatic heterocycles. The lowest BCUT2D eigenvalue weighted by Gasteiger charge is -2.34. The van der Waals surface area contributed by atoms with Crippen molar-refractivity contribution in [1.29, 1.82) is 0 Å². The van der Waals surface area contributed by atoms with E-state index in [4.69, 9.17) is 11.6 Å². The highest BCUT2D eigenvalue weighted by Gasteiger charge is 2.33. The molecule has 2 saturated heterocycles. The van der Waals surface area contributed by atoms with E-state index in [0.717, 1.165) is 44.8 Å². The monoisotopic (exact) mass is 307 g/mol. The first-order valence-corrected chi connectivity index (χ1v) is 8.12. The first-order valence-electron chi connectivity index (χ1n) is 7.75. The minimum Gasteiger partial charge on any atom is -0.338 e. The summed E-state index contributed by atoms with van der Waals surface area (Å²) in [6, 6.07) is 7.58. The summed E-state index contributed by atoms with van der Waals surface area (Å²) in [5.74, 6) is 0.223. The van der Waals surface area contributed by atoms with E-state index in [-0.39, 0.29) is 11.9 Å². The molecule has 1 aromatic rings. The Bertz CT molecular complexity index is 496. The standard InChI is InChI=1S/C16H22ClN3O/c17-14-5-3-4-13(12-14)15(19-8-1-2-9-19)16(21)20-10-6-18-7-11-20/h3-5,12,15,18H,1-2,6-11H2. The molecule has 114 valence electrons. The molecule has 1 N–H and O–H groups in total. The van der Waals surface area contributed by atoms with Gasteiger partial charge in [-0.05, 0) is 43.6 Å². The third kappa shape index (κ3) is 3.39. The lowest BCUT2D eigenvalue weighted by atomic mass is 10.0. The number of carbonyl (C=O) groups excluding carboxylic acids is 1. The topological polar surface area (TPSA) is 35.6 Å². The van der Waals surface area contributed by atoms with Crippen molar-refractivity contribution < 1.29 is 4.79 Å². The number of hydrogen-bond acceptors (Lipinski definition) is 3. The molecule has 3 rings (SSSR count). The molecule has 4 nitrogen and oxygen atoms in total. The number of carbonyl (C=O) groups is 1. The Labute approximate surface area is 131 Å². The predicted molar refractivity (Wildman–Crippen MR) is 84.4 cm³/mol. The number of rotatable bonds is 3. The van der Waals surface area contributed by atoms with E-state index in [1.807, 2.05) is 29.2 Å². The third-order valence-electron chi connectivity index (χ3n) is 4.33. The highest BCUT2D eigenvalue weighted by atomic mass is 35.5. The smallest absolute Gasteiger partial charge is 0.244 e. The van der Waals surface area contributed by atoms with Gasteiger partial charge < -0.3 is 10.2 Å². The SMILES string of the molecule is O=C(C(c1cccc(Cl)c1)N1CCCC1)N1CCNCC1. The van der Waals surface area contributed by atoms with E-state index in [2.05, 4.69) is 10.2 Å². The minimum atomic E-state index is -0.177. The maximum absolute atomic E-state index is 13.0. The van der Waals surface area contributed by atoms with Gasteiger partial charge in [0.2, 0.25) is 5.91 Å². The molecule has 0 bridgehead atoms. The van der Waals surface area contributed by atoms with Gasteiger partial charge in [0.25, 0.3) is 0 Å². The van der Waals surface area contributed by atoms with E-state index in [9.17, 15) is 4.79 Å². The summed E-state index contributed by atoms with van der Waals surface area (Å²) in [7, 11) is 0. The fourth-order valence-corrected chi connectivity index (χ4v) is 3.44. The van der Waals surface area contributed by atoms with Crippen molar-refractivity contribution in [1.82, 2.24) is 15.1 Å². The van der Waals surface area contributed by atoms with Gasteiger partial charge in [-0.3, -0.25) is 9.69 Å². The molecule has 0 aliphatic carbocycles. The van der Waals surface area contributed by atoms with Crippen LogP contribution in [0.5, 0.6) is 0 Å². The van der Waals surface area contributed by atoms with E-state index in [0.29, 0.717) is 5.02 Å². The normalized spacial score (nSPS) is 21.5. The predicted octanol–water partition coefficient (Wildman–Crippen LogP) is 1.91. The highest BCUT2D eigenvalue weighted by Crippen LogP contribution is 2.28. The second kappa shape index (κ2) is 6.77. The molecule has 0 aromatic heterocycles. The first-order chi connectivity index (χ1) is 10.3. The average Bonchev–Trinajstić information content (AvgIpc) is 3.02. The minimum absolute atomic E-state index is 0.177. The molecule has 1 atom stereocenters. The maximum Gasteiger partial charge on any atom is 0.244 e. The van der Waals surface area contributed by atoms with Crippen LogP contribution in [0.2, 0.25) is 5.02 Å². The number of amides is 1. The number of piperazine rings is 1. The summed E-state index contributed by atoms with van der Waals surface area (Å²) in [5.41, 5.74) is 1.02. The summed E-state index contributed by atoms with van der Waals surface area (Å²) in [4.78, 5) is 17.3. The van der Waals surface area contributed by atoms with Crippen molar-refractivity contribution in [2.75, 3.05) is 39.3 Å². The van der Waals surface area contributed by atoms with Crippen LogP contribution in [0.4, 0.5) is 0 Å². The fourth-order valence-electron chi connectivity index (χ4n) is 3.24. The maximum atomic E-state index is 13.0.